The van der Waals surface area contributed by atoms with Gasteiger partial charge in [-0.1, -0.05) is 71.0 Å². The number of para-hydroxylation sites is 1. The van der Waals surface area contributed by atoms with Gasteiger partial charge in [0.25, 0.3) is 0 Å². The van der Waals surface area contributed by atoms with Crippen LogP contribution in [0.1, 0.15) is 0 Å². The molecule has 1 nitrogen and oxygen atoms in total. The van der Waals surface area contributed by atoms with Gasteiger partial charge in [-0.2, -0.15) is 0 Å². The Labute approximate surface area is 110 Å². The monoisotopic (exact) mass is 287 g/mol. The number of anilines is 1. The highest BCUT2D eigenvalue weighted by molar-refractivity contribution is 9.11. The molecule has 0 fully saturated rings. The summed E-state index contributed by atoms with van der Waals surface area (Å²) >= 11 is 3.36. The lowest BCUT2D eigenvalue weighted by atomic mass is 10.0. The minimum Gasteiger partial charge on any atom is -0.380 e. The van der Waals surface area contributed by atoms with E-state index >= 15 is 0 Å². The van der Waals surface area contributed by atoms with Gasteiger partial charge < -0.3 is 5.32 Å². The van der Waals surface area contributed by atoms with Crippen molar-refractivity contribution in [2.24, 2.45) is 0 Å². The van der Waals surface area contributed by atoms with Crippen molar-refractivity contribution in [3.63, 3.8) is 0 Å². The highest BCUT2D eigenvalue weighted by Gasteiger charge is 2.03. The van der Waals surface area contributed by atoms with Crippen LogP contribution in [0.5, 0.6) is 0 Å². The first-order chi connectivity index (χ1) is 8.27. The van der Waals surface area contributed by atoms with Gasteiger partial charge in [0, 0.05) is 22.3 Å². The largest absolute Gasteiger partial charge is 0.380 e. The van der Waals surface area contributed by atoms with Crippen LogP contribution in [-0.4, -0.2) is 6.54 Å². The van der Waals surface area contributed by atoms with Gasteiger partial charge >= 0.3 is 0 Å². The summed E-state index contributed by atoms with van der Waals surface area (Å²) in [6, 6.07) is 18.6. The first kappa shape index (κ1) is 11.9. The fraction of sp³-hybridized carbons (Fsp3) is 0.0667. The van der Waals surface area contributed by atoms with E-state index in [2.05, 4.69) is 70.3 Å². The quantitative estimate of drug-likeness (QED) is 0.861. The standard InChI is InChI=1S/C15H14BrN/c1-12(16)11-17-15-10-6-5-9-14(15)13-7-3-2-4-8-13/h2-10,17H,1,11H2. The van der Waals surface area contributed by atoms with Crippen LogP contribution in [0.2, 0.25) is 0 Å². The van der Waals surface area contributed by atoms with E-state index in [1.54, 1.807) is 0 Å². The van der Waals surface area contributed by atoms with Gasteiger partial charge in [-0.25, -0.2) is 0 Å². The second-order valence-electron chi connectivity index (χ2n) is 3.78. The van der Waals surface area contributed by atoms with E-state index in [1.165, 1.54) is 11.1 Å². The summed E-state index contributed by atoms with van der Waals surface area (Å²) < 4.78 is 0.945. The molecule has 86 valence electrons. The van der Waals surface area contributed by atoms with Crippen molar-refractivity contribution in [3.8, 4) is 11.1 Å². The number of rotatable bonds is 4. The maximum atomic E-state index is 3.83. The Bertz CT molecular complexity index is 505. The molecule has 0 aromatic heterocycles. The summed E-state index contributed by atoms with van der Waals surface area (Å²) in [6.07, 6.45) is 0. The number of benzene rings is 2. The van der Waals surface area contributed by atoms with Crippen molar-refractivity contribution in [3.05, 3.63) is 65.7 Å². The van der Waals surface area contributed by atoms with E-state index in [1.807, 2.05) is 12.1 Å². The van der Waals surface area contributed by atoms with Gasteiger partial charge in [-0.15, -0.1) is 0 Å². The highest BCUT2D eigenvalue weighted by Crippen LogP contribution is 2.27. The fourth-order valence-corrected chi connectivity index (χ4v) is 1.84. The van der Waals surface area contributed by atoms with Gasteiger partial charge in [0.05, 0.1) is 0 Å². The molecule has 0 unspecified atom stereocenters. The zero-order chi connectivity index (χ0) is 12.1. The molecule has 0 aliphatic carbocycles. The molecule has 0 aliphatic rings. The first-order valence-corrected chi connectivity index (χ1v) is 6.28. The molecule has 2 heteroatoms. The summed E-state index contributed by atoms with van der Waals surface area (Å²) in [5.41, 5.74) is 3.55. The third kappa shape index (κ3) is 3.21. The van der Waals surface area contributed by atoms with Crippen LogP contribution in [0.15, 0.2) is 65.7 Å². The summed E-state index contributed by atoms with van der Waals surface area (Å²) in [5.74, 6) is 0. The zero-order valence-corrected chi connectivity index (χ0v) is 11.1. The topological polar surface area (TPSA) is 12.0 Å². The van der Waals surface area contributed by atoms with E-state index in [0.717, 1.165) is 16.7 Å². The molecular weight excluding hydrogens is 274 g/mol. The Morgan fingerprint density at radius 2 is 1.65 bits per heavy atom. The number of hydrogen-bond acceptors (Lipinski definition) is 1. The Kier molecular flexibility index (Phi) is 3.99. The average molecular weight is 288 g/mol. The second-order valence-corrected chi connectivity index (χ2v) is 4.90. The van der Waals surface area contributed by atoms with Crippen LogP contribution < -0.4 is 5.32 Å². The molecule has 2 aromatic carbocycles. The molecule has 0 bridgehead atoms. The number of hydrogen-bond donors (Lipinski definition) is 1. The Morgan fingerprint density at radius 3 is 2.35 bits per heavy atom. The third-order valence-electron chi connectivity index (χ3n) is 2.48. The molecule has 2 rings (SSSR count). The smallest absolute Gasteiger partial charge is 0.0460 e. The van der Waals surface area contributed by atoms with Crippen LogP contribution in [0.4, 0.5) is 5.69 Å². The molecule has 0 atom stereocenters. The predicted molar refractivity (Wildman–Crippen MR) is 78.4 cm³/mol. The lowest BCUT2D eigenvalue weighted by Crippen LogP contribution is -2.01. The summed E-state index contributed by atoms with van der Waals surface area (Å²) in [7, 11) is 0. The van der Waals surface area contributed by atoms with Crippen molar-refractivity contribution >= 4 is 21.6 Å². The first-order valence-electron chi connectivity index (χ1n) is 5.49. The SMILES string of the molecule is C=C(Br)CNc1ccccc1-c1ccccc1. The Hall–Kier alpha value is -1.54. The van der Waals surface area contributed by atoms with Crippen LogP contribution in [0, 0.1) is 0 Å². The molecule has 17 heavy (non-hydrogen) atoms. The van der Waals surface area contributed by atoms with E-state index in [9.17, 15) is 0 Å². The Morgan fingerprint density at radius 1 is 1.00 bits per heavy atom. The van der Waals surface area contributed by atoms with Crippen molar-refractivity contribution in [1.82, 2.24) is 0 Å². The fourth-order valence-electron chi connectivity index (χ4n) is 1.70. The van der Waals surface area contributed by atoms with Crippen LogP contribution >= 0.6 is 15.9 Å². The van der Waals surface area contributed by atoms with Crippen molar-refractivity contribution < 1.29 is 0 Å². The van der Waals surface area contributed by atoms with E-state index < -0.39 is 0 Å². The lowest BCUT2D eigenvalue weighted by molar-refractivity contribution is 1.33. The normalized spacial score (nSPS) is 9.94. The predicted octanol–water partition coefficient (Wildman–Crippen LogP) is 4.67. The summed E-state index contributed by atoms with van der Waals surface area (Å²) in [6.45, 7) is 4.55. The van der Waals surface area contributed by atoms with Crippen molar-refractivity contribution in [2.45, 2.75) is 0 Å². The minimum atomic E-state index is 0.726. The van der Waals surface area contributed by atoms with Crippen LogP contribution in [0.3, 0.4) is 0 Å². The molecule has 0 heterocycles. The van der Waals surface area contributed by atoms with E-state index in [4.69, 9.17) is 0 Å². The van der Waals surface area contributed by atoms with E-state index in [-0.39, 0.29) is 0 Å². The van der Waals surface area contributed by atoms with Crippen LogP contribution in [-0.2, 0) is 0 Å². The summed E-state index contributed by atoms with van der Waals surface area (Å²) in [5, 5.41) is 3.36. The molecular formula is C15H14BrN. The molecule has 1 N–H and O–H groups in total. The van der Waals surface area contributed by atoms with Gasteiger partial charge in [0.15, 0.2) is 0 Å². The highest BCUT2D eigenvalue weighted by atomic mass is 79.9. The van der Waals surface area contributed by atoms with Crippen molar-refractivity contribution in [1.29, 1.82) is 0 Å². The summed E-state index contributed by atoms with van der Waals surface area (Å²) in [4.78, 5) is 0. The minimum absolute atomic E-state index is 0.726. The lowest BCUT2D eigenvalue weighted by Gasteiger charge is -2.11. The molecule has 0 saturated heterocycles. The number of nitrogens with one attached hydrogen (secondary N) is 1. The Balaban J connectivity index is 2.31. The maximum absolute atomic E-state index is 3.83. The molecule has 2 aromatic rings. The van der Waals surface area contributed by atoms with Gasteiger partial charge in [-0.3, -0.25) is 0 Å². The molecule has 0 aliphatic heterocycles. The van der Waals surface area contributed by atoms with Gasteiger partial charge in [0.1, 0.15) is 0 Å². The molecule has 0 saturated carbocycles. The maximum Gasteiger partial charge on any atom is 0.0460 e. The molecule has 0 spiro atoms. The van der Waals surface area contributed by atoms with E-state index in [0.29, 0.717) is 0 Å². The third-order valence-corrected chi connectivity index (χ3v) is 2.76. The van der Waals surface area contributed by atoms with Gasteiger partial charge in [0.2, 0.25) is 0 Å². The molecule has 0 radical (unpaired) electrons. The number of halogens is 1. The average Bonchev–Trinajstić information content (AvgIpc) is 2.38. The second kappa shape index (κ2) is 5.69. The van der Waals surface area contributed by atoms with Crippen molar-refractivity contribution in [2.75, 3.05) is 11.9 Å². The zero-order valence-electron chi connectivity index (χ0n) is 9.49. The molecule has 0 amide bonds. The van der Waals surface area contributed by atoms with Crippen LogP contribution in [0.25, 0.3) is 11.1 Å². The van der Waals surface area contributed by atoms with Gasteiger partial charge in [-0.05, 0) is 11.6 Å².